The second-order valence-corrected chi connectivity index (χ2v) is 4.87. The van der Waals surface area contributed by atoms with Gasteiger partial charge in [0, 0.05) is 23.5 Å². The largest absolute Gasteiger partial charge is 0.496 e. The zero-order chi connectivity index (χ0) is 14.5. The molecule has 4 nitrogen and oxygen atoms in total. The van der Waals surface area contributed by atoms with Gasteiger partial charge >= 0.3 is 0 Å². The van der Waals surface area contributed by atoms with Crippen molar-refractivity contribution in [1.29, 1.82) is 0 Å². The van der Waals surface area contributed by atoms with Crippen LogP contribution in [0.2, 0.25) is 0 Å². The number of carbonyl (C=O) groups is 1. The summed E-state index contributed by atoms with van der Waals surface area (Å²) in [4.78, 5) is 15.2. The van der Waals surface area contributed by atoms with Crippen molar-refractivity contribution >= 4 is 5.91 Å². The highest BCUT2D eigenvalue weighted by Crippen LogP contribution is 2.17. The van der Waals surface area contributed by atoms with E-state index in [0.29, 0.717) is 13.0 Å². The van der Waals surface area contributed by atoms with Gasteiger partial charge in [-0.2, -0.15) is 0 Å². The van der Waals surface area contributed by atoms with Gasteiger partial charge in [-0.15, -0.1) is 0 Å². The number of para-hydroxylation sites is 1. The predicted molar refractivity (Wildman–Crippen MR) is 78.8 cm³/mol. The first-order valence-electron chi connectivity index (χ1n) is 6.64. The van der Waals surface area contributed by atoms with E-state index in [1.807, 2.05) is 38.1 Å². The average molecular weight is 272 g/mol. The van der Waals surface area contributed by atoms with E-state index >= 15 is 0 Å². The smallest absolute Gasteiger partial charge is 0.224 e. The highest BCUT2D eigenvalue weighted by atomic mass is 16.5. The number of nitrogens with one attached hydrogen (secondary N) is 2. The normalized spacial score (nSPS) is 10.3. The minimum atomic E-state index is -0.00671. The van der Waals surface area contributed by atoms with Gasteiger partial charge in [0.05, 0.1) is 13.5 Å². The Morgan fingerprint density at radius 2 is 2.00 bits per heavy atom. The van der Waals surface area contributed by atoms with E-state index in [-0.39, 0.29) is 5.91 Å². The fraction of sp³-hybridized carbons (Fsp3) is 0.312. The number of ether oxygens (including phenoxy) is 1. The van der Waals surface area contributed by atoms with E-state index in [9.17, 15) is 4.79 Å². The Morgan fingerprint density at radius 3 is 2.65 bits per heavy atom. The Balaban J connectivity index is 1.94. The van der Waals surface area contributed by atoms with Crippen LogP contribution in [0.15, 0.2) is 30.3 Å². The van der Waals surface area contributed by atoms with E-state index in [1.54, 1.807) is 7.11 Å². The zero-order valence-corrected chi connectivity index (χ0v) is 12.1. The van der Waals surface area contributed by atoms with Crippen molar-refractivity contribution < 1.29 is 9.53 Å². The van der Waals surface area contributed by atoms with Crippen LogP contribution in [0, 0.1) is 13.8 Å². The molecule has 20 heavy (non-hydrogen) atoms. The highest BCUT2D eigenvalue weighted by Gasteiger charge is 2.09. The Labute approximate surface area is 119 Å². The number of aryl methyl sites for hydroxylation is 2. The van der Waals surface area contributed by atoms with Crippen molar-refractivity contribution in [2.75, 3.05) is 7.11 Å². The molecule has 0 unspecified atom stereocenters. The molecule has 2 aromatic rings. The first-order valence-corrected chi connectivity index (χ1v) is 6.64. The third-order valence-corrected chi connectivity index (χ3v) is 3.28. The van der Waals surface area contributed by atoms with Gasteiger partial charge in [-0.3, -0.25) is 4.79 Å². The maximum Gasteiger partial charge on any atom is 0.224 e. The molecule has 0 atom stereocenters. The second kappa shape index (κ2) is 6.28. The number of H-pyrrole nitrogens is 1. The number of hydrogen-bond acceptors (Lipinski definition) is 2. The Morgan fingerprint density at radius 1 is 1.25 bits per heavy atom. The van der Waals surface area contributed by atoms with Gasteiger partial charge in [0.1, 0.15) is 5.75 Å². The summed E-state index contributed by atoms with van der Waals surface area (Å²) in [7, 11) is 1.61. The van der Waals surface area contributed by atoms with Crippen LogP contribution in [-0.4, -0.2) is 18.0 Å². The Hall–Kier alpha value is -2.23. The minimum Gasteiger partial charge on any atom is -0.496 e. The van der Waals surface area contributed by atoms with Crippen molar-refractivity contribution in [3.8, 4) is 5.75 Å². The number of rotatable bonds is 5. The topological polar surface area (TPSA) is 54.1 Å². The molecule has 0 radical (unpaired) electrons. The van der Waals surface area contributed by atoms with Crippen LogP contribution >= 0.6 is 0 Å². The number of aromatic nitrogens is 1. The molecule has 106 valence electrons. The monoisotopic (exact) mass is 272 g/mol. The molecule has 1 heterocycles. The number of amides is 1. The molecule has 0 saturated carbocycles. The summed E-state index contributed by atoms with van der Waals surface area (Å²) in [6, 6.07) is 9.63. The van der Waals surface area contributed by atoms with Gasteiger partial charge in [0.25, 0.3) is 0 Å². The molecular weight excluding hydrogens is 252 g/mol. The maximum absolute atomic E-state index is 12.0. The molecule has 0 aliphatic heterocycles. The van der Waals surface area contributed by atoms with Crippen molar-refractivity contribution in [3.05, 3.63) is 52.8 Å². The van der Waals surface area contributed by atoms with Crippen molar-refractivity contribution in [2.24, 2.45) is 0 Å². The highest BCUT2D eigenvalue weighted by molar-refractivity contribution is 5.79. The fourth-order valence-corrected chi connectivity index (χ4v) is 2.24. The Bertz CT molecular complexity index is 602. The van der Waals surface area contributed by atoms with E-state index in [1.165, 1.54) is 0 Å². The second-order valence-electron chi connectivity index (χ2n) is 4.87. The molecule has 2 rings (SSSR count). The number of hydrogen-bond donors (Lipinski definition) is 2. The van der Waals surface area contributed by atoms with Crippen LogP contribution in [0.5, 0.6) is 5.75 Å². The van der Waals surface area contributed by atoms with Gasteiger partial charge < -0.3 is 15.0 Å². The van der Waals surface area contributed by atoms with E-state index in [4.69, 9.17) is 4.74 Å². The van der Waals surface area contributed by atoms with Crippen molar-refractivity contribution in [3.63, 3.8) is 0 Å². The lowest BCUT2D eigenvalue weighted by atomic mass is 10.1. The van der Waals surface area contributed by atoms with Crippen molar-refractivity contribution in [2.45, 2.75) is 26.8 Å². The number of benzene rings is 1. The molecule has 0 spiro atoms. The SMILES string of the molecule is COc1ccccc1CC(=O)NCc1cc(C)[nH]c1C. The van der Waals surface area contributed by atoms with Gasteiger partial charge in [0.2, 0.25) is 5.91 Å². The van der Waals surface area contributed by atoms with Crippen LogP contribution in [0.4, 0.5) is 0 Å². The van der Waals surface area contributed by atoms with E-state index in [2.05, 4.69) is 16.4 Å². The summed E-state index contributed by atoms with van der Waals surface area (Å²) >= 11 is 0. The summed E-state index contributed by atoms with van der Waals surface area (Å²) in [6.07, 6.45) is 0.326. The number of aromatic amines is 1. The number of carbonyl (C=O) groups excluding carboxylic acids is 1. The lowest BCUT2D eigenvalue weighted by Crippen LogP contribution is -2.24. The molecule has 2 N–H and O–H groups in total. The van der Waals surface area contributed by atoms with Crippen LogP contribution in [0.3, 0.4) is 0 Å². The molecule has 1 aromatic carbocycles. The lowest BCUT2D eigenvalue weighted by Gasteiger charge is -2.08. The molecule has 4 heteroatoms. The molecule has 0 aliphatic carbocycles. The van der Waals surface area contributed by atoms with Gasteiger partial charge in [-0.1, -0.05) is 18.2 Å². The standard InChI is InChI=1S/C16H20N2O2/c1-11-8-14(12(2)18-11)10-17-16(19)9-13-6-4-5-7-15(13)20-3/h4-8,18H,9-10H2,1-3H3,(H,17,19). The molecule has 0 bridgehead atoms. The molecular formula is C16H20N2O2. The predicted octanol–water partition coefficient (Wildman–Crippen LogP) is 2.50. The fourth-order valence-electron chi connectivity index (χ4n) is 2.24. The lowest BCUT2D eigenvalue weighted by molar-refractivity contribution is -0.120. The van der Waals surface area contributed by atoms with Crippen LogP contribution in [-0.2, 0) is 17.8 Å². The molecule has 0 aliphatic rings. The summed E-state index contributed by atoms with van der Waals surface area (Å²) < 4.78 is 5.25. The summed E-state index contributed by atoms with van der Waals surface area (Å²) in [5, 5.41) is 2.94. The first-order chi connectivity index (χ1) is 9.60. The summed E-state index contributed by atoms with van der Waals surface area (Å²) in [5.74, 6) is 0.740. The first kappa shape index (κ1) is 14.2. The van der Waals surface area contributed by atoms with Crippen LogP contribution < -0.4 is 10.1 Å². The molecule has 1 amide bonds. The van der Waals surface area contributed by atoms with Crippen LogP contribution in [0.25, 0.3) is 0 Å². The van der Waals surface area contributed by atoms with Gasteiger partial charge in [-0.05, 0) is 31.5 Å². The molecule has 0 fully saturated rings. The maximum atomic E-state index is 12.0. The van der Waals surface area contributed by atoms with Crippen molar-refractivity contribution in [1.82, 2.24) is 10.3 Å². The minimum absolute atomic E-state index is 0.00671. The zero-order valence-electron chi connectivity index (χ0n) is 12.1. The quantitative estimate of drug-likeness (QED) is 0.878. The van der Waals surface area contributed by atoms with E-state index < -0.39 is 0 Å². The summed E-state index contributed by atoms with van der Waals surface area (Å²) in [6.45, 7) is 4.56. The summed E-state index contributed by atoms with van der Waals surface area (Å²) in [5.41, 5.74) is 4.22. The molecule has 0 saturated heterocycles. The number of methoxy groups -OCH3 is 1. The molecule has 1 aromatic heterocycles. The van der Waals surface area contributed by atoms with Crippen LogP contribution in [0.1, 0.15) is 22.5 Å². The van der Waals surface area contributed by atoms with Gasteiger partial charge in [-0.25, -0.2) is 0 Å². The Kier molecular flexibility index (Phi) is 4.45. The third-order valence-electron chi connectivity index (χ3n) is 3.28. The average Bonchev–Trinajstić information content (AvgIpc) is 2.75. The van der Waals surface area contributed by atoms with E-state index in [0.717, 1.165) is 28.3 Å². The third kappa shape index (κ3) is 3.41. The van der Waals surface area contributed by atoms with Gasteiger partial charge in [0.15, 0.2) is 0 Å².